The Labute approximate surface area is 191 Å². The number of nitrogens with zero attached hydrogens (tertiary/aromatic N) is 4. The quantitative estimate of drug-likeness (QED) is 0.447. The van der Waals surface area contributed by atoms with Gasteiger partial charge < -0.3 is 5.32 Å². The molecule has 0 unspecified atom stereocenters. The van der Waals surface area contributed by atoms with E-state index in [0.717, 1.165) is 24.1 Å². The van der Waals surface area contributed by atoms with Crippen LogP contribution in [0.15, 0.2) is 28.7 Å². The maximum atomic E-state index is 13.3. The van der Waals surface area contributed by atoms with E-state index in [4.69, 9.17) is 11.6 Å². The van der Waals surface area contributed by atoms with Crippen LogP contribution >= 0.6 is 27.5 Å². The Balaban J connectivity index is 1.51. The molecule has 1 N–H and O–H groups in total. The maximum absolute atomic E-state index is 13.3. The van der Waals surface area contributed by atoms with Crippen LogP contribution in [0.3, 0.4) is 0 Å². The number of benzene rings is 1. The van der Waals surface area contributed by atoms with Crippen molar-refractivity contribution in [2.24, 2.45) is 0 Å². The third kappa shape index (κ3) is 4.67. The lowest BCUT2D eigenvalue weighted by Crippen LogP contribution is -2.21. The second kappa shape index (κ2) is 8.70. The van der Waals surface area contributed by atoms with Gasteiger partial charge in [0.2, 0.25) is 5.91 Å². The molecule has 0 spiro atoms. The Morgan fingerprint density at radius 3 is 2.52 bits per heavy atom. The Kier molecular flexibility index (Phi) is 6.16. The summed E-state index contributed by atoms with van der Waals surface area (Å²) in [6.07, 6.45) is -0.888. The number of aryl methyl sites for hydroxylation is 1. The number of rotatable bonds is 7. The highest BCUT2D eigenvalue weighted by Gasteiger charge is 2.34. The average molecular weight is 513 g/mol. The Bertz CT molecular complexity index is 1120. The zero-order chi connectivity index (χ0) is 22.3. The van der Waals surface area contributed by atoms with Gasteiger partial charge in [-0.25, -0.2) is 8.78 Å². The third-order valence-electron chi connectivity index (χ3n) is 5.31. The van der Waals surface area contributed by atoms with Crippen molar-refractivity contribution < 1.29 is 13.6 Å². The van der Waals surface area contributed by atoms with Gasteiger partial charge in [-0.2, -0.15) is 10.2 Å². The van der Waals surface area contributed by atoms with Crippen molar-refractivity contribution in [2.75, 3.05) is 5.32 Å². The summed E-state index contributed by atoms with van der Waals surface area (Å²) in [5.74, 6) is -0.178. The van der Waals surface area contributed by atoms with Crippen LogP contribution in [0, 0.1) is 13.8 Å². The van der Waals surface area contributed by atoms with Gasteiger partial charge in [-0.05, 0) is 60.3 Å². The van der Waals surface area contributed by atoms with Crippen LogP contribution in [0.1, 0.15) is 53.5 Å². The van der Waals surface area contributed by atoms with Crippen LogP contribution in [0.25, 0.3) is 0 Å². The lowest BCUT2D eigenvalue weighted by Gasteiger charge is -2.09. The van der Waals surface area contributed by atoms with Crippen molar-refractivity contribution in [3.8, 4) is 0 Å². The molecule has 4 rings (SSSR count). The third-order valence-corrected chi connectivity index (χ3v) is 6.38. The molecule has 1 aliphatic rings. The number of carbonyl (C=O) groups excluding carboxylic acids is 1. The molecule has 164 valence electrons. The van der Waals surface area contributed by atoms with Crippen molar-refractivity contribution in [2.45, 2.75) is 52.1 Å². The molecule has 1 aromatic carbocycles. The standard InChI is InChI=1S/C21H21BrClF2N5O/c1-11-18(12(2)29(27-11)9-13-3-7-15(23)8-4-13)26-16(31)10-30-20(14-5-6-14)17(22)19(28-30)21(24)25/h3-4,7-8,14,21H,5-6,9-10H2,1-2H3,(H,26,31). The minimum Gasteiger partial charge on any atom is -0.321 e. The molecule has 0 saturated heterocycles. The number of anilines is 1. The number of alkyl halides is 2. The summed E-state index contributed by atoms with van der Waals surface area (Å²) in [5, 5.41) is 12.1. The van der Waals surface area contributed by atoms with Crippen LogP contribution in [-0.4, -0.2) is 25.5 Å². The lowest BCUT2D eigenvalue weighted by atomic mass is 10.2. The molecule has 0 atom stereocenters. The van der Waals surface area contributed by atoms with Crippen LogP contribution < -0.4 is 5.32 Å². The molecular weight excluding hydrogens is 492 g/mol. The Hall–Kier alpha value is -2.26. The highest BCUT2D eigenvalue weighted by atomic mass is 79.9. The van der Waals surface area contributed by atoms with E-state index in [9.17, 15) is 13.6 Å². The van der Waals surface area contributed by atoms with E-state index in [1.807, 2.05) is 42.8 Å². The summed E-state index contributed by atoms with van der Waals surface area (Å²) in [4.78, 5) is 12.8. The average Bonchev–Trinajstić information content (AvgIpc) is 3.44. The lowest BCUT2D eigenvalue weighted by molar-refractivity contribution is -0.117. The van der Waals surface area contributed by atoms with E-state index < -0.39 is 6.43 Å². The van der Waals surface area contributed by atoms with Gasteiger partial charge >= 0.3 is 0 Å². The fourth-order valence-corrected chi connectivity index (χ4v) is 4.50. The monoisotopic (exact) mass is 511 g/mol. The van der Waals surface area contributed by atoms with Crippen molar-refractivity contribution >= 4 is 39.1 Å². The van der Waals surface area contributed by atoms with Gasteiger partial charge in [0.25, 0.3) is 6.43 Å². The largest absolute Gasteiger partial charge is 0.321 e. The summed E-state index contributed by atoms with van der Waals surface area (Å²) in [6, 6.07) is 7.48. The fraction of sp³-hybridized carbons (Fsp3) is 0.381. The predicted molar refractivity (Wildman–Crippen MR) is 118 cm³/mol. The molecule has 3 aromatic rings. The molecule has 1 saturated carbocycles. The maximum Gasteiger partial charge on any atom is 0.283 e. The molecule has 0 radical (unpaired) electrons. The first-order valence-corrected chi connectivity index (χ1v) is 11.0. The second-order valence-corrected chi connectivity index (χ2v) is 8.92. The number of amides is 1. The molecule has 10 heteroatoms. The number of halogens is 4. The summed E-state index contributed by atoms with van der Waals surface area (Å²) in [5.41, 5.74) is 3.47. The molecule has 1 amide bonds. The van der Waals surface area contributed by atoms with Gasteiger partial charge in [0.1, 0.15) is 12.2 Å². The Morgan fingerprint density at radius 2 is 1.90 bits per heavy atom. The number of carbonyl (C=O) groups is 1. The van der Waals surface area contributed by atoms with E-state index in [0.29, 0.717) is 33.1 Å². The van der Waals surface area contributed by atoms with E-state index in [-0.39, 0.29) is 24.1 Å². The first-order chi connectivity index (χ1) is 14.7. The SMILES string of the molecule is Cc1nn(Cc2ccc(Cl)cc2)c(C)c1NC(=O)Cn1nc(C(F)F)c(Br)c1C1CC1. The van der Waals surface area contributed by atoms with Crippen molar-refractivity contribution in [1.82, 2.24) is 19.6 Å². The Morgan fingerprint density at radius 1 is 1.23 bits per heavy atom. The molecule has 0 bridgehead atoms. The van der Waals surface area contributed by atoms with Crippen LogP contribution in [0.5, 0.6) is 0 Å². The minimum atomic E-state index is -2.70. The number of aromatic nitrogens is 4. The molecule has 1 aliphatic carbocycles. The molecule has 6 nitrogen and oxygen atoms in total. The van der Waals surface area contributed by atoms with Crippen LogP contribution in [0.4, 0.5) is 14.5 Å². The van der Waals surface area contributed by atoms with Gasteiger partial charge in [0.05, 0.1) is 33.8 Å². The first-order valence-electron chi connectivity index (χ1n) is 9.87. The highest BCUT2D eigenvalue weighted by molar-refractivity contribution is 9.10. The summed E-state index contributed by atoms with van der Waals surface area (Å²) in [6.45, 7) is 4.09. The summed E-state index contributed by atoms with van der Waals surface area (Å²) >= 11 is 9.19. The predicted octanol–water partition coefficient (Wildman–Crippen LogP) is 5.61. The number of hydrogen-bond donors (Lipinski definition) is 1. The van der Waals surface area contributed by atoms with Crippen molar-refractivity contribution in [3.63, 3.8) is 0 Å². The zero-order valence-electron chi connectivity index (χ0n) is 17.0. The van der Waals surface area contributed by atoms with Crippen LogP contribution in [-0.2, 0) is 17.9 Å². The van der Waals surface area contributed by atoms with Crippen molar-refractivity contribution in [3.05, 3.63) is 62.1 Å². The summed E-state index contributed by atoms with van der Waals surface area (Å²) < 4.78 is 30.1. The summed E-state index contributed by atoms with van der Waals surface area (Å²) in [7, 11) is 0. The normalized spacial score (nSPS) is 13.8. The molecule has 31 heavy (non-hydrogen) atoms. The van der Waals surface area contributed by atoms with Gasteiger partial charge in [-0.15, -0.1) is 0 Å². The number of nitrogens with one attached hydrogen (secondary N) is 1. The van der Waals surface area contributed by atoms with Gasteiger partial charge in [-0.1, -0.05) is 23.7 Å². The fourth-order valence-electron chi connectivity index (χ4n) is 3.59. The zero-order valence-corrected chi connectivity index (χ0v) is 19.3. The molecule has 0 aliphatic heterocycles. The van der Waals surface area contributed by atoms with E-state index in [1.54, 1.807) is 0 Å². The molecule has 1 fully saturated rings. The molecule has 2 aromatic heterocycles. The highest BCUT2D eigenvalue weighted by Crippen LogP contribution is 2.45. The second-order valence-electron chi connectivity index (χ2n) is 7.70. The minimum absolute atomic E-state index is 0.140. The van der Waals surface area contributed by atoms with E-state index >= 15 is 0 Å². The van der Waals surface area contributed by atoms with Gasteiger partial charge in [0.15, 0.2) is 0 Å². The van der Waals surface area contributed by atoms with E-state index in [2.05, 4.69) is 31.4 Å². The van der Waals surface area contributed by atoms with Gasteiger partial charge in [0, 0.05) is 10.9 Å². The molecule has 2 heterocycles. The van der Waals surface area contributed by atoms with Crippen molar-refractivity contribution in [1.29, 1.82) is 0 Å². The van der Waals surface area contributed by atoms with Gasteiger partial charge in [-0.3, -0.25) is 14.2 Å². The molecular formula is C21H21BrClF2N5O. The first kappa shape index (κ1) is 22.0. The number of hydrogen-bond acceptors (Lipinski definition) is 3. The smallest absolute Gasteiger partial charge is 0.283 e. The van der Waals surface area contributed by atoms with E-state index in [1.165, 1.54) is 4.68 Å². The van der Waals surface area contributed by atoms with Crippen LogP contribution in [0.2, 0.25) is 5.02 Å². The topological polar surface area (TPSA) is 64.7 Å².